The third kappa shape index (κ3) is 2.97. The van der Waals surface area contributed by atoms with Gasteiger partial charge in [0.1, 0.15) is 11.4 Å². The molecule has 8 heteroatoms. The fourth-order valence-corrected chi connectivity index (χ4v) is 1.66. The molecule has 2 aromatic rings. The number of rotatable bonds is 5. The summed E-state index contributed by atoms with van der Waals surface area (Å²) in [6.45, 7) is 1.93. The first-order valence-corrected chi connectivity index (χ1v) is 6.03. The van der Waals surface area contributed by atoms with E-state index in [9.17, 15) is 14.5 Å². The van der Waals surface area contributed by atoms with Gasteiger partial charge in [-0.2, -0.15) is 4.98 Å². The van der Waals surface area contributed by atoms with Crippen LogP contribution in [0.1, 0.15) is 19.2 Å². The van der Waals surface area contributed by atoms with Crippen LogP contribution in [0.4, 0.5) is 10.1 Å². The van der Waals surface area contributed by atoms with Gasteiger partial charge in [-0.3, -0.25) is 10.1 Å². The van der Waals surface area contributed by atoms with Gasteiger partial charge < -0.3 is 10.3 Å². The average Bonchev–Trinajstić information content (AvgIpc) is 2.86. The van der Waals surface area contributed by atoms with E-state index in [0.717, 1.165) is 18.6 Å². The number of aromatic nitrogens is 2. The molecule has 0 saturated heterocycles. The average molecular weight is 280 g/mol. The van der Waals surface area contributed by atoms with E-state index in [4.69, 9.17) is 10.3 Å². The number of halogens is 1. The van der Waals surface area contributed by atoms with Crippen molar-refractivity contribution in [2.24, 2.45) is 5.73 Å². The van der Waals surface area contributed by atoms with Crippen molar-refractivity contribution in [1.82, 2.24) is 10.1 Å². The summed E-state index contributed by atoms with van der Waals surface area (Å²) in [5.41, 5.74) is 5.44. The number of nitrogens with zero attached hydrogens (tertiary/aromatic N) is 3. The lowest BCUT2D eigenvalue weighted by Gasteiger charge is -2.02. The summed E-state index contributed by atoms with van der Waals surface area (Å²) in [7, 11) is 0. The Kier molecular flexibility index (Phi) is 4.04. The Balaban J connectivity index is 2.35. The second-order valence-corrected chi connectivity index (χ2v) is 4.31. The molecule has 0 saturated carbocycles. The highest BCUT2D eigenvalue weighted by atomic mass is 19.1. The van der Waals surface area contributed by atoms with Gasteiger partial charge in [-0.25, -0.2) is 4.39 Å². The Morgan fingerprint density at radius 2 is 2.30 bits per heavy atom. The van der Waals surface area contributed by atoms with Crippen molar-refractivity contribution in [2.45, 2.75) is 25.8 Å². The topological polar surface area (TPSA) is 108 Å². The van der Waals surface area contributed by atoms with Crippen LogP contribution in [0.25, 0.3) is 11.5 Å². The molecule has 0 fully saturated rings. The molecule has 1 heterocycles. The Hall–Kier alpha value is -2.35. The van der Waals surface area contributed by atoms with Gasteiger partial charge in [-0.05, 0) is 18.6 Å². The number of nitrogens with two attached hydrogens (primary N) is 1. The monoisotopic (exact) mass is 280 g/mol. The van der Waals surface area contributed by atoms with E-state index in [1.807, 2.05) is 6.92 Å². The van der Waals surface area contributed by atoms with E-state index in [0.29, 0.717) is 12.2 Å². The summed E-state index contributed by atoms with van der Waals surface area (Å²) in [5.74, 6) is -0.351. The van der Waals surface area contributed by atoms with Gasteiger partial charge in [0, 0.05) is 12.5 Å². The molecule has 0 spiro atoms. The van der Waals surface area contributed by atoms with Gasteiger partial charge in [0.2, 0.25) is 0 Å². The first-order chi connectivity index (χ1) is 9.51. The van der Waals surface area contributed by atoms with E-state index in [1.165, 1.54) is 6.07 Å². The van der Waals surface area contributed by atoms with Crippen LogP contribution in [-0.4, -0.2) is 21.1 Å². The zero-order valence-corrected chi connectivity index (χ0v) is 10.7. The summed E-state index contributed by atoms with van der Waals surface area (Å²) in [6, 6.07) is 3.05. The van der Waals surface area contributed by atoms with E-state index in [-0.39, 0.29) is 17.5 Å². The van der Waals surface area contributed by atoms with Crippen LogP contribution in [0.3, 0.4) is 0 Å². The minimum atomic E-state index is -0.701. The zero-order valence-electron chi connectivity index (χ0n) is 10.7. The molecule has 0 aliphatic carbocycles. The van der Waals surface area contributed by atoms with Crippen molar-refractivity contribution in [2.75, 3.05) is 0 Å². The van der Waals surface area contributed by atoms with Crippen molar-refractivity contribution in [3.63, 3.8) is 0 Å². The summed E-state index contributed by atoms with van der Waals surface area (Å²) in [5, 5.41) is 14.6. The first-order valence-electron chi connectivity index (χ1n) is 6.03. The quantitative estimate of drug-likeness (QED) is 0.663. The number of benzene rings is 1. The summed E-state index contributed by atoms with van der Waals surface area (Å²) >= 11 is 0. The maximum absolute atomic E-state index is 13.1. The maximum Gasteiger partial charge on any atom is 0.285 e. The first kappa shape index (κ1) is 14.1. The van der Waals surface area contributed by atoms with Crippen LogP contribution in [0.2, 0.25) is 0 Å². The predicted molar refractivity (Wildman–Crippen MR) is 68.3 cm³/mol. The maximum atomic E-state index is 13.1. The fourth-order valence-electron chi connectivity index (χ4n) is 1.66. The van der Waals surface area contributed by atoms with Gasteiger partial charge >= 0.3 is 0 Å². The van der Waals surface area contributed by atoms with Crippen molar-refractivity contribution in [3.05, 3.63) is 40.0 Å². The van der Waals surface area contributed by atoms with Gasteiger partial charge in [0.15, 0.2) is 5.82 Å². The van der Waals surface area contributed by atoms with Gasteiger partial charge in [0.25, 0.3) is 11.6 Å². The highest BCUT2D eigenvalue weighted by molar-refractivity contribution is 5.66. The van der Waals surface area contributed by atoms with Gasteiger partial charge in [-0.15, -0.1) is 0 Å². The minimum absolute atomic E-state index is 0.0185. The minimum Gasteiger partial charge on any atom is -0.334 e. The number of hydrogen-bond acceptors (Lipinski definition) is 6. The van der Waals surface area contributed by atoms with E-state index in [2.05, 4.69) is 10.1 Å². The number of hydrogen-bond donors (Lipinski definition) is 1. The normalized spacial score (nSPS) is 12.3. The standard InChI is InChI=1S/C12H13FN4O3/c1-2-8(14)6-11-15-12(20-16-11)9-4-3-7(13)5-10(9)17(18)19/h3-5,8H,2,6,14H2,1H3. The molecule has 2 rings (SSSR count). The molecule has 1 atom stereocenters. The highest BCUT2D eigenvalue weighted by Gasteiger charge is 2.21. The van der Waals surface area contributed by atoms with Crippen LogP contribution >= 0.6 is 0 Å². The van der Waals surface area contributed by atoms with Crippen molar-refractivity contribution >= 4 is 5.69 Å². The lowest BCUT2D eigenvalue weighted by molar-refractivity contribution is -0.384. The highest BCUT2D eigenvalue weighted by Crippen LogP contribution is 2.29. The lowest BCUT2D eigenvalue weighted by atomic mass is 10.1. The largest absolute Gasteiger partial charge is 0.334 e. The van der Waals surface area contributed by atoms with E-state index in [1.54, 1.807) is 0 Å². The molecular weight excluding hydrogens is 267 g/mol. The molecule has 106 valence electrons. The van der Waals surface area contributed by atoms with Gasteiger partial charge in [0.05, 0.1) is 11.0 Å². The van der Waals surface area contributed by atoms with Crippen molar-refractivity contribution in [1.29, 1.82) is 0 Å². The second-order valence-electron chi connectivity index (χ2n) is 4.31. The number of nitro benzene ring substituents is 1. The van der Waals surface area contributed by atoms with E-state index < -0.39 is 16.4 Å². The van der Waals surface area contributed by atoms with Crippen LogP contribution < -0.4 is 5.73 Å². The molecule has 1 unspecified atom stereocenters. The third-order valence-electron chi connectivity index (χ3n) is 2.82. The second kappa shape index (κ2) is 5.74. The molecular formula is C12H13FN4O3. The van der Waals surface area contributed by atoms with Crippen molar-refractivity contribution in [3.8, 4) is 11.5 Å². The molecule has 7 nitrogen and oxygen atoms in total. The van der Waals surface area contributed by atoms with Crippen LogP contribution in [0.5, 0.6) is 0 Å². The molecule has 2 N–H and O–H groups in total. The van der Waals surface area contributed by atoms with Crippen LogP contribution in [-0.2, 0) is 6.42 Å². The SMILES string of the molecule is CCC(N)Cc1noc(-c2ccc(F)cc2[N+](=O)[O-])n1. The Labute approximate surface area is 113 Å². The Morgan fingerprint density at radius 1 is 1.55 bits per heavy atom. The molecule has 0 radical (unpaired) electrons. The predicted octanol–water partition coefficient (Wildman–Crippen LogP) is 2.06. The van der Waals surface area contributed by atoms with Gasteiger partial charge in [-0.1, -0.05) is 12.1 Å². The summed E-state index contributed by atoms with van der Waals surface area (Å²) in [4.78, 5) is 14.3. The molecule has 0 aliphatic heterocycles. The molecule has 0 aliphatic rings. The number of nitro groups is 1. The molecule has 1 aromatic carbocycles. The van der Waals surface area contributed by atoms with Crippen molar-refractivity contribution < 1.29 is 13.8 Å². The molecule has 1 aromatic heterocycles. The Bertz CT molecular complexity index is 629. The smallest absolute Gasteiger partial charge is 0.285 e. The lowest BCUT2D eigenvalue weighted by Crippen LogP contribution is -2.21. The summed E-state index contributed by atoms with van der Waals surface area (Å²) in [6.07, 6.45) is 1.16. The van der Waals surface area contributed by atoms with Crippen LogP contribution in [0, 0.1) is 15.9 Å². The molecule has 0 bridgehead atoms. The molecule has 20 heavy (non-hydrogen) atoms. The third-order valence-corrected chi connectivity index (χ3v) is 2.82. The fraction of sp³-hybridized carbons (Fsp3) is 0.333. The van der Waals surface area contributed by atoms with E-state index >= 15 is 0 Å². The zero-order chi connectivity index (χ0) is 14.7. The Morgan fingerprint density at radius 3 is 2.95 bits per heavy atom. The summed E-state index contributed by atoms with van der Waals surface area (Å²) < 4.78 is 18.0. The molecule has 0 amide bonds. The van der Waals surface area contributed by atoms with Crippen LogP contribution in [0.15, 0.2) is 22.7 Å².